The fourth-order valence-electron chi connectivity index (χ4n) is 2.44. The van der Waals surface area contributed by atoms with Crippen LogP contribution in [0.1, 0.15) is 17.7 Å². The molecule has 0 unspecified atom stereocenters. The molecule has 0 aromatic carbocycles. The van der Waals surface area contributed by atoms with E-state index in [-0.39, 0.29) is 0 Å². The van der Waals surface area contributed by atoms with Crippen LogP contribution in [0.15, 0.2) is 18.6 Å². The molecule has 2 aromatic rings. The van der Waals surface area contributed by atoms with Gasteiger partial charge in [-0.25, -0.2) is 0 Å². The third-order valence-corrected chi connectivity index (χ3v) is 3.15. The maximum Gasteiger partial charge on any atom is 0.116 e. The maximum atomic E-state index is 5.61. The van der Waals surface area contributed by atoms with Gasteiger partial charge in [0.15, 0.2) is 0 Å². The fraction of sp³-hybridized carbons (Fsp3) is 0.417. The number of hydrogen-bond acceptors (Lipinski definition) is 4. The minimum absolute atomic E-state index is 0.619. The van der Waals surface area contributed by atoms with Crippen molar-refractivity contribution in [2.24, 2.45) is 5.73 Å². The number of nitrogens with two attached hydrogens (primary N) is 1. The van der Waals surface area contributed by atoms with Crippen LogP contribution in [-0.4, -0.2) is 26.3 Å². The van der Waals surface area contributed by atoms with Crippen molar-refractivity contribution in [3.63, 3.8) is 0 Å². The van der Waals surface area contributed by atoms with E-state index in [9.17, 15) is 0 Å². The highest BCUT2D eigenvalue weighted by molar-refractivity contribution is 5.60. The zero-order valence-corrected chi connectivity index (χ0v) is 9.63. The van der Waals surface area contributed by atoms with Gasteiger partial charge in [0.2, 0.25) is 0 Å². The van der Waals surface area contributed by atoms with Crippen molar-refractivity contribution in [1.29, 1.82) is 0 Å². The van der Waals surface area contributed by atoms with Crippen molar-refractivity contribution in [2.75, 3.05) is 6.54 Å². The Hall–Kier alpha value is -1.75. The number of aromatic nitrogens is 4. The predicted octanol–water partition coefficient (Wildman–Crippen LogP) is 0.787. The molecular formula is C12H15N5. The molecule has 0 saturated heterocycles. The van der Waals surface area contributed by atoms with Crippen LogP contribution in [0.3, 0.4) is 0 Å². The molecule has 0 saturated carbocycles. The molecule has 1 aliphatic rings. The van der Waals surface area contributed by atoms with Gasteiger partial charge < -0.3 is 5.73 Å². The maximum absolute atomic E-state index is 5.61. The lowest BCUT2D eigenvalue weighted by molar-refractivity contribution is 0.595. The Morgan fingerprint density at radius 2 is 2.24 bits per heavy atom. The van der Waals surface area contributed by atoms with Crippen LogP contribution >= 0.6 is 0 Å². The molecule has 0 bridgehead atoms. The van der Waals surface area contributed by atoms with E-state index in [0.29, 0.717) is 6.54 Å². The van der Waals surface area contributed by atoms with Gasteiger partial charge in [-0.2, -0.15) is 5.10 Å². The first-order valence-corrected chi connectivity index (χ1v) is 5.95. The molecule has 2 heterocycles. The van der Waals surface area contributed by atoms with Gasteiger partial charge in [-0.15, -0.1) is 0 Å². The normalized spacial score (nSPS) is 13.9. The average Bonchev–Trinajstić information content (AvgIpc) is 2.94. The SMILES string of the molecule is NCCn1nc(-c2cnccn2)c2c1CCC2. The minimum atomic E-state index is 0.619. The Bertz CT molecular complexity index is 517. The fourth-order valence-corrected chi connectivity index (χ4v) is 2.44. The van der Waals surface area contributed by atoms with Crippen molar-refractivity contribution in [3.8, 4) is 11.4 Å². The molecule has 0 atom stereocenters. The van der Waals surface area contributed by atoms with Gasteiger partial charge in [0.05, 0.1) is 12.7 Å². The monoisotopic (exact) mass is 229 g/mol. The number of nitrogens with zero attached hydrogens (tertiary/aromatic N) is 4. The summed E-state index contributed by atoms with van der Waals surface area (Å²) in [6, 6.07) is 0. The van der Waals surface area contributed by atoms with E-state index in [1.807, 2.05) is 4.68 Å². The summed E-state index contributed by atoms with van der Waals surface area (Å²) in [6.45, 7) is 1.40. The van der Waals surface area contributed by atoms with Crippen LogP contribution in [0.5, 0.6) is 0 Å². The zero-order valence-electron chi connectivity index (χ0n) is 9.63. The third-order valence-electron chi connectivity index (χ3n) is 3.15. The summed E-state index contributed by atoms with van der Waals surface area (Å²) in [7, 11) is 0. The van der Waals surface area contributed by atoms with Gasteiger partial charge in [0.25, 0.3) is 0 Å². The lowest BCUT2D eigenvalue weighted by Gasteiger charge is -2.01. The standard InChI is InChI=1S/C12H15N5/c13-4-7-17-11-3-1-2-9(11)12(16-17)10-8-14-5-6-15-10/h5-6,8H,1-4,7,13H2. The van der Waals surface area contributed by atoms with E-state index in [4.69, 9.17) is 5.73 Å². The number of fused-ring (bicyclic) bond motifs is 1. The smallest absolute Gasteiger partial charge is 0.116 e. The first-order valence-electron chi connectivity index (χ1n) is 5.95. The Morgan fingerprint density at radius 3 is 3.00 bits per heavy atom. The largest absolute Gasteiger partial charge is 0.329 e. The molecule has 0 aliphatic heterocycles. The van der Waals surface area contributed by atoms with Crippen LogP contribution in [0.25, 0.3) is 11.4 Å². The zero-order chi connectivity index (χ0) is 11.7. The molecule has 5 nitrogen and oxygen atoms in total. The predicted molar refractivity (Wildman–Crippen MR) is 64.3 cm³/mol. The first kappa shape index (κ1) is 10.4. The summed E-state index contributed by atoms with van der Waals surface area (Å²) in [5.41, 5.74) is 10.1. The Kier molecular flexibility index (Phi) is 2.60. The first-order chi connectivity index (χ1) is 8.40. The second-order valence-electron chi connectivity index (χ2n) is 4.23. The van der Waals surface area contributed by atoms with Crippen LogP contribution in [0.2, 0.25) is 0 Å². The van der Waals surface area contributed by atoms with Crippen molar-refractivity contribution >= 4 is 0 Å². The molecule has 88 valence electrons. The van der Waals surface area contributed by atoms with Crippen molar-refractivity contribution in [3.05, 3.63) is 29.8 Å². The molecule has 17 heavy (non-hydrogen) atoms. The molecule has 0 fully saturated rings. The molecule has 5 heteroatoms. The van der Waals surface area contributed by atoms with E-state index >= 15 is 0 Å². The van der Waals surface area contributed by atoms with Crippen LogP contribution < -0.4 is 5.73 Å². The summed E-state index contributed by atoms with van der Waals surface area (Å²) in [6.07, 6.45) is 8.55. The van der Waals surface area contributed by atoms with Crippen molar-refractivity contribution in [1.82, 2.24) is 19.7 Å². The van der Waals surface area contributed by atoms with E-state index in [2.05, 4.69) is 15.1 Å². The quantitative estimate of drug-likeness (QED) is 0.844. The van der Waals surface area contributed by atoms with Crippen LogP contribution in [0.4, 0.5) is 0 Å². The highest BCUT2D eigenvalue weighted by Gasteiger charge is 2.23. The Morgan fingerprint density at radius 1 is 1.29 bits per heavy atom. The van der Waals surface area contributed by atoms with Crippen LogP contribution in [-0.2, 0) is 19.4 Å². The van der Waals surface area contributed by atoms with Crippen LogP contribution in [0, 0.1) is 0 Å². The second-order valence-corrected chi connectivity index (χ2v) is 4.23. The summed E-state index contributed by atoms with van der Waals surface area (Å²) in [4.78, 5) is 8.44. The molecule has 0 spiro atoms. The molecule has 2 N–H and O–H groups in total. The van der Waals surface area contributed by atoms with Crippen molar-refractivity contribution in [2.45, 2.75) is 25.8 Å². The molecule has 0 amide bonds. The van der Waals surface area contributed by atoms with E-state index < -0.39 is 0 Å². The van der Waals surface area contributed by atoms with Gasteiger partial charge >= 0.3 is 0 Å². The van der Waals surface area contributed by atoms with Gasteiger partial charge in [-0.1, -0.05) is 0 Å². The van der Waals surface area contributed by atoms with Gasteiger partial charge in [-0.3, -0.25) is 14.6 Å². The van der Waals surface area contributed by atoms with Gasteiger partial charge in [0, 0.05) is 30.2 Å². The molecule has 2 aromatic heterocycles. The topological polar surface area (TPSA) is 69.6 Å². The summed E-state index contributed by atoms with van der Waals surface area (Å²) in [5, 5.41) is 4.63. The minimum Gasteiger partial charge on any atom is -0.329 e. The Balaban J connectivity index is 2.09. The Labute approximate surface area is 99.7 Å². The molecule has 0 radical (unpaired) electrons. The molecular weight excluding hydrogens is 214 g/mol. The lowest BCUT2D eigenvalue weighted by atomic mass is 10.1. The van der Waals surface area contributed by atoms with E-state index in [1.165, 1.54) is 17.7 Å². The highest BCUT2D eigenvalue weighted by Crippen LogP contribution is 2.30. The number of rotatable bonds is 3. The summed E-state index contributed by atoms with van der Waals surface area (Å²) in [5.74, 6) is 0. The molecule has 3 rings (SSSR count). The lowest BCUT2D eigenvalue weighted by Crippen LogP contribution is -2.13. The van der Waals surface area contributed by atoms with E-state index in [1.54, 1.807) is 18.6 Å². The van der Waals surface area contributed by atoms with Gasteiger partial charge in [-0.05, 0) is 19.3 Å². The van der Waals surface area contributed by atoms with E-state index in [0.717, 1.165) is 30.8 Å². The molecule has 1 aliphatic carbocycles. The van der Waals surface area contributed by atoms with Crippen molar-refractivity contribution < 1.29 is 0 Å². The third kappa shape index (κ3) is 1.72. The summed E-state index contributed by atoms with van der Waals surface area (Å²) >= 11 is 0. The average molecular weight is 229 g/mol. The second kappa shape index (κ2) is 4.25. The highest BCUT2D eigenvalue weighted by atomic mass is 15.3. The number of hydrogen-bond donors (Lipinski definition) is 1. The summed E-state index contributed by atoms with van der Waals surface area (Å²) < 4.78 is 2.03. The van der Waals surface area contributed by atoms with Gasteiger partial charge in [0.1, 0.15) is 11.4 Å².